The highest BCUT2D eigenvalue weighted by Crippen LogP contribution is 2.22. The van der Waals surface area contributed by atoms with E-state index in [1.165, 1.54) is 0 Å². The summed E-state index contributed by atoms with van der Waals surface area (Å²) < 4.78 is 11.1. The van der Waals surface area contributed by atoms with Crippen LogP contribution >= 0.6 is 0 Å². The zero-order valence-electron chi connectivity index (χ0n) is 8.65. The van der Waals surface area contributed by atoms with Crippen molar-refractivity contribution in [3.63, 3.8) is 0 Å². The van der Waals surface area contributed by atoms with E-state index in [1.807, 2.05) is 0 Å². The number of aliphatic hydroxyl groups excluding tert-OH is 1. The van der Waals surface area contributed by atoms with Crippen molar-refractivity contribution in [1.29, 1.82) is 0 Å². The lowest BCUT2D eigenvalue weighted by atomic mass is 9.95. The molecule has 2 fully saturated rings. The van der Waals surface area contributed by atoms with E-state index < -0.39 is 0 Å². The van der Waals surface area contributed by atoms with Crippen molar-refractivity contribution in [2.24, 2.45) is 5.92 Å². The molecule has 0 aromatic carbocycles. The van der Waals surface area contributed by atoms with E-state index in [0.717, 1.165) is 51.9 Å². The van der Waals surface area contributed by atoms with Crippen LogP contribution in [0.3, 0.4) is 0 Å². The van der Waals surface area contributed by atoms with E-state index in [2.05, 4.69) is 0 Å². The molecule has 1 N–H and O–H groups in total. The topological polar surface area (TPSA) is 38.7 Å². The molecule has 0 aromatic heterocycles. The zero-order valence-corrected chi connectivity index (χ0v) is 8.65. The van der Waals surface area contributed by atoms with Crippen LogP contribution in [-0.2, 0) is 9.47 Å². The third-order valence-electron chi connectivity index (χ3n) is 3.19. The molecule has 1 heterocycles. The van der Waals surface area contributed by atoms with Gasteiger partial charge in [-0.25, -0.2) is 0 Å². The van der Waals surface area contributed by atoms with Crippen LogP contribution in [-0.4, -0.2) is 37.1 Å². The van der Waals surface area contributed by atoms with Crippen LogP contribution in [0.25, 0.3) is 0 Å². The molecule has 82 valence electrons. The molecule has 1 aliphatic carbocycles. The molecule has 0 amide bonds. The highest BCUT2D eigenvalue weighted by molar-refractivity contribution is 4.73. The lowest BCUT2D eigenvalue weighted by Crippen LogP contribution is -2.27. The van der Waals surface area contributed by atoms with Gasteiger partial charge in [-0.3, -0.25) is 0 Å². The Bertz CT molecular complexity index is 166. The van der Waals surface area contributed by atoms with E-state index in [4.69, 9.17) is 9.47 Å². The summed E-state index contributed by atoms with van der Waals surface area (Å²) in [5.41, 5.74) is 0. The van der Waals surface area contributed by atoms with Crippen LogP contribution < -0.4 is 0 Å². The van der Waals surface area contributed by atoms with Gasteiger partial charge >= 0.3 is 0 Å². The lowest BCUT2D eigenvalue weighted by Gasteiger charge is -2.26. The van der Waals surface area contributed by atoms with Crippen LogP contribution in [0, 0.1) is 5.92 Å². The maximum absolute atomic E-state index is 9.47. The van der Waals surface area contributed by atoms with Crippen LogP contribution in [0.2, 0.25) is 0 Å². The van der Waals surface area contributed by atoms with Gasteiger partial charge in [0.25, 0.3) is 0 Å². The van der Waals surface area contributed by atoms with E-state index in [-0.39, 0.29) is 6.10 Å². The minimum absolute atomic E-state index is 0.131. The third-order valence-corrected chi connectivity index (χ3v) is 3.19. The lowest BCUT2D eigenvalue weighted by molar-refractivity contribution is -0.0283. The van der Waals surface area contributed by atoms with E-state index >= 15 is 0 Å². The van der Waals surface area contributed by atoms with Crippen molar-refractivity contribution in [2.45, 2.75) is 44.3 Å². The summed E-state index contributed by atoms with van der Waals surface area (Å²) in [5, 5.41) is 9.47. The molecular weight excluding hydrogens is 180 g/mol. The maximum atomic E-state index is 9.47. The molecular formula is C11H20O3. The van der Waals surface area contributed by atoms with Crippen molar-refractivity contribution >= 4 is 0 Å². The van der Waals surface area contributed by atoms with Crippen molar-refractivity contribution in [3.05, 3.63) is 0 Å². The second-order valence-corrected chi connectivity index (χ2v) is 4.51. The van der Waals surface area contributed by atoms with Crippen molar-refractivity contribution in [2.75, 3.05) is 19.8 Å². The maximum Gasteiger partial charge on any atom is 0.0599 e. The second-order valence-electron chi connectivity index (χ2n) is 4.51. The molecule has 1 aliphatic heterocycles. The Balaban J connectivity index is 1.64. The summed E-state index contributed by atoms with van der Waals surface area (Å²) in [4.78, 5) is 0. The van der Waals surface area contributed by atoms with Crippen LogP contribution in [0.4, 0.5) is 0 Å². The van der Waals surface area contributed by atoms with Gasteiger partial charge in [0.1, 0.15) is 0 Å². The van der Waals surface area contributed by atoms with Gasteiger partial charge in [0.2, 0.25) is 0 Å². The Morgan fingerprint density at radius 1 is 1.29 bits per heavy atom. The number of rotatable bonds is 3. The summed E-state index contributed by atoms with van der Waals surface area (Å²) in [7, 11) is 0. The molecule has 3 atom stereocenters. The number of ether oxygens (including phenoxy) is 2. The van der Waals surface area contributed by atoms with Gasteiger partial charge in [-0.15, -0.1) is 0 Å². The van der Waals surface area contributed by atoms with Crippen molar-refractivity contribution in [3.8, 4) is 0 Å². The summed E-state index contributed by atoms with van der Waals surface area (Å²) in [5.74, 6) is 0.592. The predicted molar refractivity (Wildman–Crippen MR) is 53.1 cm³/mol. The Labute approximate surface area is 85.4 Å². The number of hydrogen-bond donors (Lipinski definition) is 1. The van der Waals surface area contributed by atoms with Crippen molar-refractivity contribution in [1.82, 2.24) is 0 Å². The van der Waals surface area contributed by atoms with Gasteiger partial charge in [0, 0.05) is 12.5 Å². The van der Waals surface area contributed by atoms with Crippen LogP contribution in [0.1, 0.15) is 32.1 Å². The third kappa shape index (κ3) is 2.94. The molecule has 3 heteroatoms. The standard InChI is InChI=1S/C11H20O3/c12-10-2-1-3-11(6-10)14-8-9-4-5-13-7-9/h9-12H,1-8H2. The first kappa shape index (κ1) is 10.4. The van der Waals surface area contributed by atoms with Gasteiger partial charge in [-0.05, 0) is 32.1 Å². The predicted octanol–water partition coefficient (Wildman–Crippen LogP) is 1.34. The minimum Gasteiger partial charge on any atom is -0.393 e. The fourth-order valence-electron chi connectivity index (χ4n) is 2.26. The molecule has 0 aromatic rings. The van der Waals surface area contributed by atoms with Gasteiger partial charge in [-0.1, -0.05) is 0 Å². The van der Waals surface area contributed by atoms with Crippen LogP contribution in [0.5, 0.6) is 0 Å². The number of hydrogen-bond acceptors (Lipinski definition) is 3. The van der Waals surface area contributed by atoms with E-state index in [1.54, 1.807) is 0 Å². The molecule has 1 saturated carbocycles. The Kier molecular flexibility index (Phi) is 3.79. The van der Waals surface area contributed by atoms with E-state index in [9.17, 15) is 5.11 Å². The zero-order chi connectivity index (χ0) is 9.80. The monoisotopic (exact) mass is 200 g/mol. The van der Waals surface area contributed by atoms with Gasteiger partial charge < -0.3 is 14.6 Å². The second kappa shape index (κ2) is 5.10. The molecule has 3 nitrogen and oxygen atoms in total. The fourth-order valence-corrected chi connectivity index (χ4v) is 2.26. The molecule has 2 rings (SSSR count). The average molecular weight is 200 g/mol. The molecule has 14 heavy (non-hydrogen) atoms. The summed E-state index contributed by atoms with van der Waals surface area (Å²) in [6.45, 7) is 2.56. The first-order valence-electron chi connectivity index (χ1n) is 5.72. The minimum atomic E-state index is -0.131. The summed E-state index contributed by atoms with van der Waals surface area (Å²) in [6.07, 6.45) is 5.29. The van der Waals surface area contributed by atoms with E-state index in [0.29, 0.717) is 12.0 Å². The van der Waals surface area contributed by atoms with Crippen molar-refractivity contribution < 1.29 is 14.6 Å². The smallest absolute Gasteiger partial charge is 0.0599 e. The molecule has 1 saturated heterocycles. The van der Waals surface area contributed by atoms with Gasteiger partial charge in [-0.2, -0.15) is 0 Å². The average Bonchev–Trinajstić information content (AvgIpc) is 2.67. The number of aliphatic hydroxyl groups is 1. The quantitative estimate of drug-likeness (QED) is 0.747. The molecule has 0 bridgehead atoms. The first-order valence-corrected chi connectivity index (χ1v) is 5.72. The molecule has 2 aliphatic rings. The first-order chi connectivity index (χ1) is 6.84. The van der Waals surface area contributed by atoms with Gasteiger partial charge in [0.05, 0.1) is 25.4 Å². The molecule has 3 unspecified atom stereocenters. The Morgan fingerprint density at radius 2 is 2.21 bits per heavy atom. The Hall–Kier alpha value is -0.120. The van der Waals surface area contributed by atoms with Crippen LogP contribution in [0.15, 0.2) is 0 Å². The molecule has 0 radical (unpaired) electrons. The Morgan fingerprint density at radius 3 is 2.93 bits per heavy atom. The van der Waals surface area contributed by atoms with Gasteiger partial charge in [0.15, 0.2) is 0 Å². The normalized spacial score (nSPS) is 38.8. The highest BCUT2D eigenvalue weighted by Gasteiger charge is 2.23. The SMILES string of the molecule is OC1CCCC(OCC2CCOC2)C1. The fraction of sp³-hybridized carbons (Fsp3) is 1.00. The highest BCUT2D eigenvalue weighted by atomic mass is 16.5. The summed E-state index contributed by atoms with van der Waals surface area (Å²) in [6, 6.07) is 0. The molecule has 0 spiro atoms. The largest absolute Gasteiger partial charge is 0.393 e. The summed E-state index contributed by atoms with van der Waals surface area (Å²) >= 11 is 0.